The molecule has 0 aliphatic rings. The lowest BCUT2D eigenvalue weighted by Crippen LogP contribution is -2.39. The Morgan fingerprint density at radius 1 is 1.55 bits per heavy atom. The number of carbonyl (C=O) groups excluding carboxylic acids is 1. The van der Waals surface area contributed by atoms with E-state index in [0.29, 0.717) is 0 Å². The molecule has 0 aromatic rings. The molecule has 0 saturated carbocycles. The lowest BCUT2D eigenvalue weighted by Gasteiger charge is -2.10. The third-order valence-corrected chi connectivity index (χ3v) is 1.27. The van der Waals surface area contributed by atoms with Gasteiger partial charge < -0.3 is 10.6 Å². The van der Waals surface area contributed by atoms with E-state index in [0.717, 1.165) is 0 Å². The van der Waals surface area contributed by atoms with Gasteiger partial charge in [-0.25, -0.2) is 0 Å². The van der Waals surface area contributed by atoms with Crippen LogP contribution in [0.2, 0.25) is 0 Å². The maximum absolute atomic E-state index is 11.6. The summed E-state index contributed by atoms with van der Waals surface area (Å²) in [7, 11) is 1.69. The standard InChI is InChI=1S/C6H12F2N2O/c1-4(9-2)3-10-6(11)5(7)8/h4-5,9H,3H2,1-2H3,(H,10,11). The smallest absolute Gasteiger partial charge is 0.315 e. The highest BCUT2D eigenvalue weighted by atomic mass is 19.3. The number of hydrogen-bond acceptors (Lipinski definition) is 2. The monoisotopic (exact) mass is 166 g/mol. The average Bonchev–Trinajstić information content (AvgIpc) is 1.99. The summed E-state index contributed by atoms with van der Waals surface area (Å²) in [5.41, 5.74) is 0. The zero-order valence-electron chi connectivity index (χ0n) is 6.53. The van der Waals surface area contributed by atoms with Crippen LogP contribution in [0.15, 0.2) is 0 Å². The predicted octanol–water partition coefficient (Wildman–Crippen LogP) is -0.0244. The van der Waals surface area contributed by atoms with E-state index in [1.54, 1.807) is 14.0 Å². The quantitative estimate of drug-likeness (QED) is 0.616. The molecule has 0 aromatic carbocycles. The van der Waals surface area contributed by atoms with Gasteiger partial charge >= 0.3 is 6.43 Å². The summed E-state index contributed by atoms with van der Waals surface area (Å²) in [6.07, 6.45) is -2.92. The molecule has 2 N–H and O–H groups in total. The summed E-state index contributed by atoms with van der Waals surface area (Å²) in [5, 5.41) is 4.88. The van der Waals surface area contributed by atoms with Crippen LogP contribution in [0.1, 0.15) is 6.92 Å². The van der Waals surface area contributed by atoms with Gasteiger partial charge in [0.1, 0.15) is 0 Å². The highest BCUT2D eigenvalue weighted by Crippen LogP contribution is 1.90. The van der Waals surface area contributed by atoms with Crippen molar-refractivity contribution in [1.29, 1.82) is 0 Å². The third kappa shape index (κ3) is 4.66. The zero-order chi connectivity index (χ0) is 8.85. The van der Waals surface area contributed by atoms with E-state index in [1.165, 1.54) is 0 Å². The summed E-state index contributed by atoms with van der Waals surface area (Å²) >= 11 is 0. The molecule has 1 atom stereocenters. The Morgan fingerprint density at radius 2 is 2.09 bits per heavy atom. The van der Waals surface area contributed by atoms with Crippen LogP contribution in [0.4, 0.5) is 8.78 Å². The van der Waals surface area contributed by atoms with E-state index in [9.17, 15) is 13.6 Å². The number of likely N-dealkylation sites (N-methyl/N-ethyl adjacent to an activating group) is 1. The highest BCUT2D eigenvalue weighted by Gasteiger charge is 2.14. The summed E-state index contributed by atoms with van der Waals surface area (Å²) in [5.74, 6) is -1.22. The Morgan fingerprint density at radius 3 is 2.45 bits per heavy atom. The van der Waals surface area contributed by atoms with E-state index in [2.05, 4.69) is 10.6 Å². The van der Waals surface area contributed by atoms with E-state index >= 15 is 0 Å². The topological polar surface area (TPSA) is 41.1 Å². The van der Waals surface area contributed by atoms with Gasteiger partial charge in [-0.3, -0.25) is 4.79 Å². The van der Waals surface area contributed by atoms with Crippen LogP contribution in [0.25, 0.3) is 0 Å². The lowest BCUT2D eigenvalue weighted by atomic mass is 10.3. The maximum atomic E-state index is 11.6. The molecule has 1 amide bonds. The molecule has 0 aromatic heterocycles. The number of halogens is 2. The second-order valence-electron chi connectivity index (χ2n) is 2.24. The lowest BCUT2D eigenvalue weighted by molar-refractivity contribution is -0.131. The van der Waals surface area contributed by atoms with Crippen molar-refractivity contribution in [1.82, 2.24) is 10.6 Å². The average molecular weight is 166 g/mol. The molecule has 0 fully saturated rings. The van der Waals surface area contributed by atoms with Gasteiger partial charge in [-0.1, -0.05) is 0 Å². The summed E-state index contributed by atoms with van der Waals surface area (Å²) in [6.45, 7) is 2.01. The number of hydrogen-bond donors (Lipinski definition) is 2. The molecule has 0 aliphatic carbocycles. The molecule has 0 heterocycles. The van der Waals surface area contributed by atoms with Crippen LogP contribution in [-0.2, 0) is 4.79 Å². The molecule has 1 unspecified atom stereocenters. The van der Waals surface area contributed by atoms with Gasteiger partial charge in [0, 0.05) is 12.6 Å². The van der Waals surface area contributed by atoms with Crippen LogP contribution in [-0.4, -0.2) is 32.0 Å². The number of nitrogens with one attached hydrogen (secondary N) is 2. The second-order valence-corrected chi connectivity index (χ2v) is 2.24. The SMILES string of the molecule is CNC(C)CNC(=O)C(F)F. The minimum absolute atomic E-state index is 0.0118. The molecule has 0 aliphatic heterocycles. The fraction of sp³-hybridized carbons (Fsp3) is 0.833. The second kappa shape index (κ2) is 5.01. The molecular weight excluding hydrogens is 154 g/mol. The molecular formula is C6H12F2N2O. The zero-order valence-corrected chi connectivity index (χ0v) is 6.53. The van der Waals surface area contributed by atoms with Crippen molar-refractivity contribution in [2.45, 2.75) is 19.4 Å². The minimum atomic E-state index is -2.92. The first kappa shape index (κ1) is 10.3. The molecule has 0 spiro atoms. The van der Waals surface area contributed by atoms with Crippen molar-refractivity contribution in [2.24, 2.45) is 0 Å². The van der Waals surface area contributed by atoms with Crippen molar-refractivity contribution in [3.63, 3.8) is 0 Å². The Balaban J connectivity index is 3.46. The first-order valence-electron chi connectivity index (χ1n) is 3.31. The van der Waals surface area contributed by atoms with Gasteiger partial charge in [0.15, 0.2) is 0 Å². The Labute approximate surface area is 64.2 Å². The van der Waals surface area contributed by atoms with Crippen LogP contribution in [0, 0.1) is 0 Å². The number of rotatable bonds is 4. The van der Waals surface area contributed by atoms with Gasteiger partial charge in [0.2, 0.25) is 0 Å². The van der Waals surface area contributed by atoms with Crippen molar-refractivity contribution >= 4 is 5.91 Å². The van der Waals surface area contributed by atoms with Crippen molar-refractivity contribution in [3.8, 4) is 0 Å². The van der Waals surface area contributed by atoms with E-state index in [-0.39, 0.29) is 12.6 Å². The molecule has 0 radical (unpaired) electrons. The van der Waals surface area contributed by atoms with Gasteiger partial charge in [0.05, 0.1) is 0 Å². The number of alkyl halides is 2. The normalized spacial score (nSPS) is 13.2. The van der Waals surface area contributed by atoms with E-state index < -0.39 is 12.3 Å². The summed E-state index contributed by atoms with van der Waals surface area (Å²) in [6, 6.07) is 0.0118. The Hall–Kier alpha value is -0.710. The van der Waals surface area contributed by atoms with E-state index in [4.69, 9.17) is 0 Å². The molecule has 11 heavy (non-hydrogen) atoms. The van der Waals surface area contributed by atoms with Crippen LogP contribution in [0.5, 0.6) is 0 Å². The predicted molar refractivity (Wildman–Crippen MR) is 37.5 cm³/mol. The first-order chi connectivity index (χ1) is 5.07. The number of carbonyl (C=O) groups is 1. The fourth-order valence-corrected chi connectivity index (χ4v) is 0.433. The fourth-order valence-electron chi connectivity index (χ4n) is 0.433. The third-order valence-electron chi connectivity index (χ3n) is 1.27. The number of amides is 1. The largest absolute Gasteiger partial charge is 0.350 e. The molecule has 3 nitrogen and oxygen atoms in total. The van der Waals surface area contributed by atoms with Crippen LogP contribution >= 0.6 is 0 Å². The van der Waals surface area contributed by atoms with Crippen LogP contribution < -0.4 is 10.6 Å². The molecule has 0 saturated heterocycles. The molecule has 0 rings (SSSR count). The van der Waals surface area contributed by atoms with Crippen molar-refractivity contribution in [2.75, 3.05) is 13.6 Å². The van der Waals surface area contributed by atoms with E-state index in [1.807, 2.05) is 0 Å². The van der Waals surface area contributed by atoms with Gasteiger partial charge in [-0.15, -0.1) is 0 Å². The van der Waals surface area contributed by atoms with Gasteiger partial charge in [0.25, 0.3) is 5.91 Å². The van der Waals surface area contributed by atoms with Crippen molar-refractivity contribution < 1.29 is 13.6 Å². The van der Waals surface area contributed by atoms with Crippen molar-refractivity contribution in [3.05, 3.63) is 0 Å². The first-order valence-corrected chi connectivity index (χ1v) is 3.31. The van der Waals surface area contributed by atoms with Gasteiger partial charge in [-0.2, -0.15) is 8.78 Å². The summed E-state index contributed by atoms with van der Waals surface area (Å²) < 4.78 is 23.1. The molecule has 0 bridgehead atoms. The summed E-state index contributed by atoms with van der Waals surface area (Å²) in [4.78, 5) is 10.3. The van der Waals surface area contributed by atoms with Crippen LogP contribution in [0.3, 0.4) is 0 Å². The highest BCUT2D eigenvalue weighted by molar-refractivity contribution is 5.79. The van der Waals surface area contributed by atoms with Gasteiger partial charge in [-0.05, 0) is 14.0 Å². The molecule has 66 valence electrons. The Bertz CT molecular complexity index is 130. The Kier molecular flexibility index (Phi) is 4.69. The maximum Gasteiger partial charge on any atom is 0.315 e. The minimum Gasteiger partial charge on any atom is -0.350 e. The molecule has 5 heteroatoms.